The molecule has 18 heavy (non-hydrogen) atoms. The van der Waals surface area contributed by atoms with Crippen molar-refractivity contribution in [2.75, 3.05) is 19.5 Å². The molecule has 1 aromatic rings. The molecule has 1 rings (SSSR count). The summed E-state index contributed by atoms with van der Waals surface area (Å²) in [7, 11) is 1.85. The number of carbonyl (C=O) groups excluding carboxylic acids is 1. The number of hydrogen-bond donors (Lipinski definition) is 0. The van der Waals surface area contributed by atoms with E-state index >= 15 is 0 Å². The van der Waals surface area contributed by atoms with Crippen molar-refractivity contribution in [1.29, 1.82) is 0 Å². The van der Waals surface area contributed by atoms with Crippen LogP contribution in [0.2, 0.25) is 0 Å². The van der Waals surface area contributed by atoms with Gasteiger partial charge in [0, 0.05) is 29.5 Å². The molecule has 0 saturated carbocycles. The van der Waals surface area contributed by atoms with Crippen LogP contribution in [0.15, 0.2) is 22.7 Å². The molecular weight excluding hydrogens is 314 g/mol. The fourth-order valence-electron chi connectivity index (χ4n) is 1.75. The van der Waals surface area contributed by atoms with Gasteiger partial charge in [0.2, 0.25) is 0 Å². The summed E-state index contributed by atoms with van der Waals surface area (Å²) in [6.45, 7) is 2.74. The number of rotatable bonds is 6. The van der Waals surface area contributed by atoms with E-state index in [9.17, 15) is 4.79 Å². The molecule has 0 aliphatic carbocycles. The quantitative estimate of drug-likeness (QED) is 0.563. The molecule has 0 spiro atoms. The Morgan fingerprint density at radius 1 is 1.33 bits per heavy atom. The SMILES string of the molecule is Cc1ccc(Br)cc1C(=O)N(C)CCCCCCl. The number of hydrogen-bond acceptors (Lipinski definition) is 1. The van der Waals surface area contributed by atoms with E-state index in [4.69, 9.17) is 11.6 Å². The maximum Gasteiger partial charge on any atom is 0.253 e. The van der Waals surface area contributed by atoms with E-state index in [1.54, 1.807) is 4.90 Å². The summed E-state index contributed by atoms with van der Waals surface area (Å²) in [6.07, 6.45) is 3.08. The van der Waals surface area contributed by atoms with Gasteiger partial charge in [0.05, 0.1) is 0 Å². The van der Waals surface area contributed by atoms with E-state index in [2.05, 4.69) is 15.9 Å². The topological polar surface area (TPSA) is 20.3 Å². The highest BCUT2D eigenvalue weighted by Crippen LogP contribution is 2.17. The second-order valence-corrected chi connectivity index (χ2v) is 5.73. The molecule has 0 unspecified atom stereocenters. The molecule has 0 aromatic heterocycles. The van der Waals surface area contributed by atoms with Gasteiger partial charge in [-0.1, -0.05) is 28.4 Å². The molecule has 0 fully saturated rings. The first-order valence-electron chi connectivity index (χ1n) is 6.14. The van der Waals surface area contributed by atoms with Gasteiger partial charge in [-0.3, -0.25) is 4.79 Å². The van der Waals surface area contributed by atoms with Gasteiger partial charge in [0.15, 0.2) is 0 Å². The number of alkyl halides is 1. The van der Waals surface area contributed by atoms with Gasteiger partial charge < -0.3 is 4.90 Å². The Morgan fingerprint density at radius 3 is 2.72 bits per heavy atom. The van der Waals surface area contributed by atoms with Gasteiger partial charge in [-0.15, -0.1) is 11.6 Å². The van der Waals surface area contributed by atoms with Gasteiger partial charge >= 0.3 is 0 Å². The summed E-state index contributed by atoms with van der Waals surface area (Å²) in [5, 5.41) is 0. The first kappa shape index (κ1) is 15.5. The van der Waals surface area contributed by atoms with Gasteiger partial charge in [-0.25, -0.2) is 0 Å². The molecule has 0 aliphatic rings. The lowest BCUT2D eigenvalue weighted by Crippen LogP contribution is -2.28. The van der Waals surface area contributed by atoms with Crippen molar-refractivity contribution in [1.82, 2.24) is 4.90 Å². The van der Waals surface area contributed by atoms with Crippen LogP contribution < -0.4 is 0 Å². The second-order valence-electron chi connectivity index (χ2n) is 4.44. The Hall–Kier alpha value is -0.540. The molecule has 0 atom stereocenters. The summed E-state index contributed by atoms with van der Waals surface area (Å²) in [6, 6.07) is 5.79. The fraction of sp³-hybridized carbons (Fsp3) is 0.500. The van der Waals surface area contributed by atoms with Gasteiger partial charge in [0.25, 0.3) is 5.91 Å². The summed E-state index contributed by atoms with van der Waals surface area (Å²) >= 11 is 9.03. The fourth-order valence-corrected chi connectivity index (χ4v) is 2.30. The Balaban J connectivity index is 2.60. The monoisotopic (exact) mass is 331 g/mol. The minimum atomic E-state index is 0.0830. The van der Waals surface area contributed by atoms with Crippen molar-refractivity contribution in [2.24, 2.45) is 0 Å². The molecule has 0 heterocycles. The lowest BCUT2D eigenvalue weighted by Gasteiger charge is -2.18. The Labute approximate surface area is 122 Å². The molecule has 2 nitrogen and oxygen atoms in total. The molecule has 0 aliphatic heterocycles. The Morgan fingerprint density at radius 2 is 2.06 bits per heavy atom. The van der Waals surface area contributed by atoms with E-state index in [1.807, 2.05) is 32.2 Å². The van der Waals surface area contributed by atoms with Crippen LogP contribution in [-0.2, 0) is 0 Å². The van der Waals surface area contributed by atoms with Gasteiger partial charge in [-0.2, -0.15) is 0 Å². The van der Waals surface area contributed by atoms with Crippen LogP contribution in [0.3, 0.4) is 0 Å². The van der Waals surface area contributed by atoms with Crippen LogP contribution in [-0.4, -0.2) is 30.3 Å². The van der Waals surface area contributed by atoms with Crippen molar-refractivity contribution in [2.45, 2.75) is 26.2 Å². The van der Waals surface area contributed by atoms with Crippen molar-refractivity contribution in [3.63, 3.8) is 0 Å². The largest absolute Gasteiger partial charge is 0.342 e. The molecule has 1 aromatic carbocycles. The summed E-state index contributed by atoms with van der Waals surface area (Å²) in [5.74, 6) is 0.780. The lowest BCUT2D eigenvalue weighted by molar-refractivity contribution is 0.0792. The third-order valence-corrected chi connectivity index (χ3v) is 3.66. The predicted molar refractivity (Wildman–Crippen MR) is 80.4 cm³/mol. The molecular formula is C14H19BrClNO. The first-order chi connectivity index (χ1) is 8.56. The van der Waals surface area contributed by atoms with Gasteiger partial charge in [0.1, 0.15) is 0 Å². The van der Waals surface area contributed by atoms with E-state index in [-0.39, 0.29) is 5.91 Å². The van der Waals surface area contributed by atoms with Crippen molar-refractivity contribution >= 4 is 33.4 Å². The summed E-state index contributed by atoms with van der Waals surface area (Å²) in [4.78, 5) is 14.0. The molecule has 0 radical (unpaired) electrons. The van der Waals surface area contributed by atoms with Crippen LogP contribution in [0.4, 0.5) is 0 Å². The lowest BCUT2D eigenvalue weighted by atomic mass is 10.1. The standard InChI is InChI=1S/C14H19BrClNO/c1-11-6-7-12(15)10-13(11)14(18)17(2)9-5-3-4-8-16/h6-7,10H,3-5,8-9H2,1-2H3. The number of amides is 1. The number of unbranched alkanes of at least 4 members (excludes halogenated alkanes) is 2. The molecule has 0 saturated heterocycles. The summed E-state index contributed by atoms with van der Waals surface area (Å²) < 4.78 is 0.937. The minimum absolute atomic E-state index is 0.0830. The molecule has 0 bridgehead atoms. The van der Waals surface area contributed by atoms with E-state index < -0.39 is 0 Å². The average Bonchev–Trinajstić information content (AvgIpc) is 2.36. The zero-order valence-corrected chi connectivity index (χ0v) is 13.2. The number of benzene rings is 1. The van der Waals surface area contributed by atoms with E-state index in [1.165, 1.54) is 0 Å². The number of aryl methyl sites for hydroxylation is 1. The smallest absolute Gasteiger partial charge is 0.253 e. The zero-order valence-electron chi connectivity index (χ0n) is 10.9. The van der Waals surface area contributed by atoms with E-state index in [0.29, 0.717) is 5.88 Å². The normalized spacial score (nSPS) is 10.4. The third-order valence-electron chi connectivity index (χ3n) is 2.90. The van der Waals surface area contributed by atoms with Gasteiger partial charge in [-0.05, 0) is 37.5 Å². The molecule has 1 amide bonds. The zero-order chi connectivity index (χ0) is 13.5. The van der Waals surface area contributed by atoms with Crippen molar-refractivity contribution < 1.29 is 4.79 Å². The number of nitrogens with zero attached hydrogens (tertiary/aromatic N) is 1. The third kappa shape index (κ3) is 4.62. The highest BCUT2D eigenvalue weighted by atomic mass is 79.9. The highest BCUT2D eigenvalue weighted by Gasteiger charge is 2.13. The maximum atomic E-state index is 12.3. The number of carbonyl (C=O) groups is 1. The first-order valence-corrected chi connectivity index (χ1v) is 7.46. The average molecular weight is 333 g/mol. The van der Waals surface area contributed by atoms with E-state index in [0.717, 1.165) is 41.4 Å². The van der Waals surface area contributed by atoms with Crippen LogP contribution in [0, 0.1) is 6.92 Å². The van der Waals surface area contributed by atoms with Crippen LogP contribution in [0.25, 0.3) is 0 Å². The van der Waals surface area contributed by atoms with Crippen molar-refractivity contribution in [3.05, 3.63) is 33.8 Å². The Bertz CT molecular complexity index is 409. The number of halogens is 2. The van der Waals surface area contributed by atoms with Crippen LogP contribution in [0.1, 0.15) is 35.2 Å². The molecule has 4 heteroatoms. The molecule has 100 valence electrons. The minimum Gasteiger partial charge on any atom is -0.342 e. The Kier molecular flexibility index (Phi) is 6.72. The van der Waals surface area contributed by atoms with Crippen molar-refractivity contribution in [3.8, 4) is 0 Å². The maximum absolute atomic E-state index is 12.3. The second kappa shape index (κ2) is 7.80. The van der Waals surface area contributed by atoms with Crippen LogP contribution >= 0.6 is 27.5 Å². The summed E-state index contributed by atoms with van der Waals surface area (Å²) in [5.41, 5.74) is 1.78. The predicted octanol–water partition coefficient (Wildman–Crippen LogP) is 4.24. The molecule has 0 N–H and O–H groups in total. The highest BCUT2D eigenvalue weighted by molar-refractivity contribution is 9.10. The van der Waals surface area contributed by atoms with Crippen LogP contribution in [0.5, 0.6) is 0 Å².